The summed E-state index contributed by atoms with van der Waals surface area (Å²) in [4.78, 5) is 47.6. The number of likely N-dealkylation sites (tertiary alicyclic amines) is 1. The average Bonchev–Trinajstić information content (AvgIpc) is 3.99. The number of nitrogens with zero attached hydrogens (tertiary/aromatic N) is 5. The molecule has 0 radical (unpaired) electrons. The van der Waals surface area contributed by atoms with Gasteiger partial charge in [0.1, 0.15) is 29.9 Å². The lowest BCUT2D eigenvalue weighted by Gasteiger charge is -2.35. The highest BCUT2D eigenvalue weighted by molar-refractivity contribution is 5.83. The first kappa shape index (κ1) is 47.5. The second-order valence-corrected chi connectivity index (χ2v) is 17.4. The molecular weight excluding hydrogens is 849 g/mol. The van der Waals surface area contributed by atoms with Crippen LogP contribution in [0.25, 0.3) is 11.1 Å². The molecule has 4 heterocycles. The molecule has 4 aliphatic rings. The molecule has 0 aromatic heterocycles. The van der Waals surface area contributed by atoms with Gasteiger partial charge >= 0.3 is 18.2 Å². The van der Waals surface area contributed by atoms with Crippen LogP contribution in [-0.4, -0.2) is 116 Å². The van der Waals surface area contributed by atoms with Gasteiger partial charge in [0.2, 0.25) is 0 Å². The molecule has 2 atom stereocenters. The van der Waals surface area contributed by atoms with Gasteiger partial charge in [0, 0.05) is 64.5 Å². The normalized spacial score (nSPS) is 18.8. The first-order valence-corrected chi connectivity index (χ1v) is 22.6. The molecule has 4 aromatic rings. The summed E-state index contributed by atoms with van der Waals surface area (Å²) < 4.78 is 61.7. The molecule has 2 fully saturated rings. The Morgan fingerprint density at radius 3 is 1.55 bits per heavy atom. The summed E-state index contributed by atoms with van der Waals surface area (Å²) in [5, 5.41) is 3.35. The van der Waals surface area contributed by atoms with Crippen molar-refractivity contribution in [3.05, 3.63) is 167 Å². The lowest BCUT2D eigenvalue weighted by atomic mass is 9.96. The van der Waals surface area contributed by atoms with Gasteiger partial charge in [0.15, 0.2) is 0 Å². The Morgan fingerprint density at radius 1 is 0.667 bits per heavy atom. The third-order valence-corrected chi connectivity index (χ3v) is 12.8. The number of amides is 5. The predicted molar refractivity (Wildman–Crippen MR) is 248 cm³/mol. The number of benzene rings is 4. The van der Waals surface area contributed by atoms with Crippen LogP contribution in [0, 0.1) is 35.1 Å². The van der Waals surface area contributed by atoms with E-state index < -0.39 is 23.3 Å². The third-order valence-electron chi connectivity index (χ3n) is 12.8. The number of nitrogens with one attached hydrogen (secondary N) is 1. The summed E-state index contributed by atoms with van der Waals surface area (Å²) in [7, 11) is 3.59. The quantitative estimate of drug-likeness (QED) is 0.127. The van der Waals surface area contributed by atoms with Gasteiger partial charge < -0.3 is 34.6 Å². The zero-order chi connectivity index (χ0) is 46.7. The van der Waals surface area contributed by atoms with Crippen LogP contribution in [-0.2, 0) is 4.74 Å². The van der Waals surface area contributed by atoms with Gasteiger partial charge in [-0.15, -0.1) is 0 Å². The molecule has 348 valence electrons. The summed E-state index contributed by atoms with van der Waals surface area (Å²) in [5.41, 5.74) is 3.44. The van der Waals surface area contributed by atoms with Gasteiger partial charge in [0.25, 0.3) is 0 Å². The molecule has 0 spiro atoms. The second-order valence-electron chi connectivity index (χ2n) is 17.4. The first-order chi connectivity index (χ1) is 31.9. The Morgan fingerprint density at radius 2 is 1.11 bits per heavy atom. The van der Waals surface area contributed by atoms with Crippen molar-refractivity contribution in [3.63, 3.8) is 0 Å². The maximum atomic E-state index is 14.5. The Bertz CT molecular complexity index is 2390. The number of carbonyl (C=O) groups is 3. The van der Waals surface area contributed by atoms with Crippen molar-refractivity contribution in [1.82, 2.24) is 29.8 Å². The smallest absolute Gasteiger partial charge is 0.410 e. The van der Waals surface area contributed by atoms with E-state index in [1.807, 2.05) is 79.9 Å². The highest BCUT2D eigenvalue weighted by Crippen LogP contribution is 2.38. The summed E-state index contributed by atoms with van der Waals surface area (Å²) in [6.07, 6.45) is 8.55. The SMILES string of the molecule is C=CCOC(=O)N1CCC(CN(C)C(=O)N2CC(c3cc(F)ccc3F)=C[C@H]2c2ccccc2)CC1.CN(CC1CCNCC1)C(=O)N1CC(c2cc(F)ccc2F)=C[C@H]1c1ccccc1. The minimum atomic E-state index is -0.523. The largest absolute Gasteiger partial charge is 0.445 e. The van der Waals surface area contributed by atoms with Crippen LogP contribution in [0.3, 0.4) is 0 Å². The van der Waals surface area contributed by atoms with Crippen molar-refractivity contribution in [2.75, 3.05) is 73.1 Å². The van der Waals surface area contributed by atoms with Gasteiger partial charge in [0.05, 0.1) is 12.1 Å². The number of hydrogen-bond donors (Lipinski definition) is 1. The number of hydrogen-bond acceptors (Lipinski definition) is 5. The van der Waals surface area contributed by atoms with Crippen LogP contribution >= 0.6 is 0 Å². The number of ether oxygens (including phenoxy) is 1. The maximum Gasteiger partial charge on any atom is 0.410 e. The summed E-state index contributed by atoms with van der Waals surface area (Å²) in [6, 6.07) is 25.1. The van der Waals surface area contributed by atoms with E-state index in [0.29, 0.717) is 43.2 Å². The zero-order valence-electron chi connectivity index (χ0n) is 37.6. The highest BCUT2D eigenvalue weighted by atomic mass is 19.1. The third kappa shape index (κ3) is 11.7. The molecule has 0 bridgehead atoms. The van der Waals surface area contributed by atoms with E-state index in [0.717, 1.165) is 74.2 Å². The molecular formula is C52H58F4N6O4. The van der Waals surface area contributed by atoms with Crippen LogP contribution in [0.4, 0.5) is 31.9 Å². The second kappa shape index (κ2) is 22.2. The van der Waals surface area contributed by atoms with Gasteiger partial charge in [-0.25, -0.2) is 31.9 Å². The van der Waals surface area contributed by atoms with Crippen molar-refractivity contribution < 1.29 is 36.7 Å². The molecule has 14 heteroatoms. The van der Waals surface area contributed by atoms with Crippen LogP contribution in [0.2, 0.25) is 0 Å². The van der Waals surface area contributed by atoms with Gasteiger partial charge in [-0.2, -0.15) is 0 Å². The standard InChI is InChI=1S/C28H31F2N3O3.C24H27F2N3O/c1-3-15-36-28(35)32-13-11-20(12-14-32)18-31(2)27(34)33-19-22(24-17-23(29)9-10-25(24)30)16-26(33)21-7-5-4-6-8-21;1-28(15-17-9-11-27-12-10-17)24(30)29-16-19(21-14-20(25)7-8-22(21)26)13-23(29)18-5-3-2-4-6-18/h3-10,16-17,20,26H,1,11-15,18-19H2,2H3;2-8,13-14,17,23,27H,9-12,15-16H2,1H3/t26-;23-/m00/s1. The topological polar surface area (TPSA) is 88.7 Å². The van der Waals surface area contributed by atoms with Gasteiger partial charge in [-0.1, -0.05) is 85.5 Å². The van der Waals surface area contributed by atoms with E-state index in [1.54, 1.807) is 31.5 Å². The fourth-order valence-electron chi connectivity index (χ4n) is 9.25. The summed E-state index contributed by atoms with van der Waals surface area (Å²) >= 11 is 0. The van der Waals surface area contributed by atoms with E-state index in [2.05, 4.69) is 11.9 Å². The molecule has 4 aromatic carbocycles. The fourth-order valence-corrected chi connectivity index (χ4v) is 9.25. The molecule has 1 N–H and O–H groups in total. The minimum absolute atomic E-state index is 0.0922. The number of halogens is 4. The van der Waals surface area contributed by atoms with Crippen molar-refractivity contribution in [2.45, 2.75) is 37.8 Å². The summed E-state index contributed by atoms with van der Waals surface area (Å²) in [6.45, 7) is 8.50. The molecule has 0 unspecified atom stereocenters. The lowest BCUT2D eigenvalue weighted by Crippen LogP contribution is -2.46. The average molecular weight is 907 g/mol. The predicted octanol–water partition coefficient (Wildman–Crippen LogP) is 9.95. The van der Waals surface area contributed by atoms with Crippen molar-refractivity contribution in [1.29, 1.82) is 0 Å². The molecule has 10 nitrogen and oxygen atoms in total. The van der Waals surface area contributed by atoms with Crippen molar-refractivity contribution in [2.24, 2.45) is 11.8 Å². The number of urea groups is 2. The van der Waals surface area contributed by atoms with E-state index in [4.69, 9.17) is 4.74 Å². The van der Waals surface area contributed by atoms with Crippen LogP contribution < -0.4 is 5.32 Å². The Balaban J connectivity index is 0.000000199. The van der Waals surface area contributed by atoms with Gasteiger partial charge in [-0.3, -0.25) is 0 Å². The molecule has 0 saturated carbocycles. The van der Waals surface area contributed by atoms with E-state index in [-0.39, 0.29) is 67.0 Å². The molecule has 0 aliphatic carbocycles. The molecule has 8 rings (SSSR count). The van der Waals surface area contributed by atoms with Crippen molar-refractivity contribution >= 4 is 29.3 Å². The van der Waals surface area contributed by atoms with Crippen LogP contribution in [0.5, 0.6) is 0 Å². The number of piperidine rings is 2. The van der Waals surface area contributed by atoms with Crippen LogP contribution in [0.15, 0.2) is 122 Å². The van der Waals surface area contributed by atoms with Crippen LogP contribution in [0.1, 0.15) is 60.0 Å². The summed E-state index contributed by atoms with van der Waals surface area (Å²) in [5.74, 6) is -1.29. The minimum Gasteiger partial charge on any atom is -0.445 e. The Hall–Kier alpha value is -6.41. The Kier molecular flexibility index (Phi) is 16.0. The molecule has 5 amide bonds. The molecule has 2 saturated heterocycles. The molecule has 66 heavy (non-hydrogen) atoms. The van der Waals surface area contributed by atoms with E-state index in [1.165, 1.54) is 18.2 Å². The van der Waals surface area contributed by atoms with E-state index in [9.17, 15) is 31.9 Å². The zero-order valence-corrected chi connectivity index (χ0v) is 37.6. The highest BCUT2D eigenvalue weighted by Gasteiger charge is 2.36. The van der Waals surface area contributed by atoms with Crippen molar-refractivity contribution in [3.8, 4) is 0 Å². The van der Waals surface area contributed by atoms with E-state index >= 15 is 0 Å². The monoisotopic (exact) mass is 906 g/mol. The Labute approximate surface area is 384 Å². The maximum absolute atomic E-state index is 14.5. The number of carbonyl (C=O) groups excluding carboxylic acids is 3. The molecule has 4 aliphatic heterocycles. The number of rotatable bonds is 10. The van der Waals surface area contributed by atoms with Gasteiger partial charge in [-0.05, 0) is 109 Å². The first-order valence-electron chi connectivity index (χ1n) is 22.6. The fraction of sp³-hybridized carbons (Fsp3) is 0.365. The lowest BCUT2D eigenvalue weighted by molar-refractivity contribution is 0.0906.